The lowest BCUT2D eigenvalue weighted by atomic mass is 10.1. The first-order valence-electron chi connectivity index (χ1n) is 8.83. The molecule has 0 spiro atoms. The lowest BCUT2D eigenvalue weighted by Gasteiger charge is -2.12. The highest BCUT2D eigenvalue weighted by Crippen LogP contribution is 2.29. The summed E-state index contributed by atoms with van der Waals surface area (Å²) in [7, 11) is 0. The number of carbonyl (C=O) groups is 1. The Hall–Kier alpha value is -2.98. The van der Waals surface area contributed by atoms with E-state index in [0.29, 0.717) is 19.8 Å². The summed E-state index contributed by atoms with van der Waals surface area (Å²) in [6, 6.07) is 3.55. The van der Waals surface area contributed by atoms with Gasteiger partial charge in [-0.2, -0.15) is 4.98 Å². The summed E-state index contributed by atoms with van der Waals surface area (Å²) in [5, 5.41) is 4.14. The van der Waals surface area contributed by atoms with Gasteiger partial charge in [0.05, 0.1) is 25.0 Å². The van der Waals surface area contributed by atoms with E-state index in [9.17, 15) is 13.6 Å². The molecule has 1 aromatic carbocycles. The maximum Gasteiger partial charge on any atom is 0.275 e. The molecule has 1 fully saturated rings. The Balaban J connectivity index is 1.48. The number of benzene rings is 1. The van der Waals surface area contributed by atoms with E-state index in [1.807, 2.05) is 0 Å². The maximum absolute atomic E-state index is 13.9. The Morgan fingerprint density at radius 2 is 2.17 bits per heavy atom. The summed E-state index contributed by atoms with van der Waals surface area (Å²) in [6.45, 7) is 1.74. The lowest BCUT2D eigenvalue weighted by Crippen LogP contribution is -2.16. The average Bonchev–Trinajstić information content (AvgIpc) is 3.39. The van der Waals surface area contributed by atoms with Crippen LogP contribution in [0.15, 0.2) is 36.1 Å². The van der Waals surface area contributed by atoms with Crippen molar-refractivity contribution in [3.8, 4) is 16.5 Å². The molecule has 1 aliphatic rings. The van der Waals surface area contributed by atoms with Gasteiger partial charge in [0.25, 0.3) is 5.91 Å². The first-order valence-corrected chi connectivity index (χ1v) is 9.71. The topological polar surface area (TPSA) is 86.2 Å². The molecule has 0 aliphatic carbocycles. The number of hydrogen-bond acceptors (Lipinski definition) is 7. The number of ether oxygens (including phenoxy) is 2. The van der Waals surface area contributed by atoms with Crippen molar-refractivity contribution in [2.75, 3.05) is 25.1 Å². The molecular formula is C19H16F2N4O3S. The molecule has 4 rings (SSSR count). The van der Waals surface area contributed by atoms with Crippen LogP contribution in [-0.2, 0) is 4.74 Å². The second kappa shape index (κ2) is 8.58. The maximum atomic E-state index is 13.9. The third kappa shape index (κ3) is 4.38. The van der Waals surface area contributed by atoms with E-state index in [4.69, 9.17) is 9.47 Å². The number of amides is 1. The van der Waals surface area contributed by atoms with Gasteiger partial charge in [-0.15, -0.1) is 11.3 Å². The zero-order chi connectivity index (χ0) is 20.2. The van der Waals surface area contributed by atoms with Crippen molar-refractivity contribution in [3.63, 3.8) is 0 Å². The van der Waals surface area contributed by atoms with E-state index in [2.05, 4.69) is 20.3 Å². The van der Waals surface area contributed by atoms with Gasteiger partial charge >= 0.3 is 0 Å². The number of halogens is 2. The summed E-state index contributed by atoms with van der Waals surface area (Å²) in [5.41, 5.74) is 0.0390. The standard InChI is InChI=1S/C19H16F2N4O3S/c20-12-2-1-3-13(21)16(12)19-25-15(9-29-19)17(26)24-14-6-22-10-23-18(14)28-8-11-4-5-27-7-11/h1-3,6,9-11H,4-5,7-8H2,(H,24,26). The van der Waals surface area contributed by atoms with Gasteiger partial charge in [0, 0.05) is 17.9 Å². The molecule has 1 N–H and O–H groups in total. The van der Waals surface area contributed by atoms with Gasteiger partial charge in [0.1, 0.15) is 34.4 Å². The Morgan fingerprint density at radius 1 is 1.34 bits per heavy atom. The minimum Gasteiger partial charge on any atom is -0.476 e. The fraction of sp³-hybridized carbons (Fsp3) is 0.263. The molecular weight excluding hydrogens is 402 g/mol. The van der Waals surface area contributed by atoms with Crippen LogP contribution in [0, 0.1) is 17.6 Å². The number of hydrogen-bond donors (Lipinski definition) is 1. The van der Waals surface area contributed by atoms with Crippen molar-refractivity contribution >= 4 is 22.9 Å². The monoisotopic (exact) mass is 418 g/mol. The quantitative estimate of drug-likeness (QED) is 0.659. The third-order valence-electron chi connectivity index (χ3n) is 4.32. The van der Waals surface area contributed by atoms with E-state index in [0.717, 1.165) is 29.9 Å². The minimum absolute atomic E-state index is 0.0200. The van der Waals surface area contributed by atoms with Gasteiger partial charge in [-0.3, -0.25) is 4.79 Å². The Bertz CT molecular complexity index is 1000. The number of thiazole rings is 1. The summed E-state index contributed by atoms with van der Waals surface area (Å²) >= 11 is 0.973. The fourth-order valence-corrected chi connectivity index (χ4v) is 3.66. The van der Waals surface area contributed by atoms with Crippen molar-refractivity contribution in [1.82, 2.24) is 15.0 Å². The van der Waals surface area contributed by atoms with Crippen molar-refractivity contribution in [3.05, 3.63) is 53.4 Å². The normalized spacial score (nSPS) is 16.0. The summed E-state index contributed by atoms with van der Waals surface area (Å²) in [5.74, 6) is -1.54. The van der Waals surface area contributed by atoms with Crippen LogP contribution in [0.4, 0.5) is 14.5 Å². The highest BCUT2D eigenvalue weighted by atomic mass is 32.1. The van der Waals surface area contributed by atoms with Crippen LogP contribution < -0.4 is 10.1 Å². The summed E-state index contributed by atoms with van der Waals surface area (Å²) in [4.78, 5) is 24.6. The molecule has 0 bridgehead atoms. The molecule has 1 saturated heterocycles. The number of carbonyl (C=O) groups excluding carboxylic acids is 1. The fourth-order valence-electron chi connectivity index (χ4n) is 2.81. The second-order valence-corrected chi connectivity index (χ2v) is 7.23. The molecule has 0 saturated carbocycles. The molecule has 3 heterocycles. The number of rotatable bonds is 6. The van der Waals surface area contributed by atoms with Gasteiger partial charge in [-0.05, 0) is 18.6 Å². The number of anilines is 1. The van der Waals surface area contributed by atoms with Crippen LogP contribution in [0.5, 0.6) is 5.88 Å². The smallest absolute Gasteiger partial charge is 0.275 e. The van der Waals surface area contributed by atoms with Crippen LogP contribution in [-0.4, -0.2) is 40.7 Å². The summed E-state index contributed by atoms with van der Waals surface area (Å²) < 4.78 is 38.9. The van der Waals surface area contributed by atoms with Crippen LogP contribution in [0.3, 0.4) is 0 Å². The van der Waals surface area contributed by atoms with Crippen LogP contribution in [0.25, 0.3) is 10.6 Å². The molecule has 1 atom stereocenters. The number of nitrogens with one attached hydrogen (secondary N) is 1. The zero-order valence-electron chi connectivity index (χ0n) is 15.1. The van der Waals surface area contributed by atoms with Crippen molar-refractivity contribution in [2.45, 2.75) is 6.42 Å². The van der Waals surface area contributed by atoms with E-state index in [1.54, 1.807) is 0 Å². The van der Waals surface area contributed by atoms with Crippen molar-refractivity contribution in [2.24, 2.45) is 5.92 Å². The van der Waals surface area contributed by atoms with Gasteiger partial charge in [0.15, 0.2) is 0 Å². The third-order valence-corrected chi connectivity index (χ3v) is 5.18. The van der Waals surface area contributed by atoms with E-state index < -0.39 is 17.5 Å². The number of aromatic nitrogens is 3. The Labute approximate surface area is 168 Å². The van der Waals surface area contributed by atoms with Crippen molar-refractivity contribution < 1.29 is 23.0 Å². The molecule has 0 radical (unpaired) electrons. The molecule has 1 unspecified atom stereocenters. The SMILES string of the molecule is O=C(Nc1cncnc1OCC1CCOC1)c1csc(-c2c(F)cccc2F)n1. The first kappa shape index (κ1) is 19.3. The Kier molecular flexibility index (Phi) is 5.72. The van der Waals surface area contributed by atoms with Crippen molar-refractivity contribution in [1.29, 1.82) is 0 Å². The number of nitrogens with zero attached hydrogens (tertiary/aromatic N) is 3. The average molecular weight is 418 g/mol. The predicted molar refractivity (Wildman–Crippen MR) is 102 cm³/mol. The molecule has 3 aromatic rings. The van der Waals surface area contributed by atoms with E-state index in [-0.39, 0.29) is 33.8 Å². The van der Waals surface area contributed by atoms with Gasteiger partial charge in [0.2, 0.25) is 5.88 Å². The largest absolute Gasteiger partial charge is 0.476 e. The minimum atomic E-state index is -0.741. The van der Waals surface area contributed by atoms with Gasteiger partial charge < -0.3 is 14.8 Å². The van der Waals surface area contributed by atoms with Crippen LogP contribution in [0.2, 0.25) is 0 Å². The summed E-state index contributed by atoms with van der Waals surface area (Å²) in [6.07, 6.45) is 3.63. The highest BCUT2D eigenvalue weighted by Gasteiger charge is 2.20. The Morgan fingerprint density at radius 3 is 2.93 bits per heavy atom. The molecule has 7 nitrogen and oxygen atoms in total. The first-order chi connectivity index (χ1) is 14.1. The molecule has 29 heavy (non-hydrogen) atoms. The lowest BCUT2D eigenvalue weighted by molar-refractivity contribution is 0.102. The molecule has 1 aliphatic heterocycles. The predicted octanol–water partition coefficient (Wildman–Crippen LogP) is 3.55. The van der Waals surface area contributed by atoms with E-state index in [1.165, 1.54) is 24.0 Å². The molecule has 2 aromatic heterocycles. The van der Waals surface area contributed by atoms with Gasteiger partial charge in [-0.1, -0.05) is 6.07 Å². The molecule has 150 valence electrons. The molecule has 1 amide bonds. The van der Waals surface area contributed by atoms with Gasteiger partial charge in [-0.25, -0.2) is 18.7 Å². The second-order valence-electron chi connectivity index (χ2n) is 6.37. The molecule has 10 heteroatoms. The zero-order valence-corrected chi connectivity index (χ0v) is 15.9. The highest BCUT2D eigenvalue weighted by molar-refractivity contribution is 7.13. The van der Waals surface area contributed by atoms with Crippen LogP contribution in [0.1, 0.15) is 16.9 Å². The van der Waals surface area contributed by atoms with Crippen LogP contribution >= 0.6 is 11.3 Å². The van der Waals surface area contributed by atoms with E-state index >= 15 is 0 Å².